The summed E-state index contributed by atoms with van der Waals surface area (Å²) in [5.41, 5.74) is 2.59. The zero-order valence-electron chi connectivity index (χ0n) is 12.4. The summed E-state index contributed by atoms with van der Waals surface area (Å²) < 4.78 is 0. The van der Waals surface area contributed by atoms with E-state index in [0.29, 0.717) is 18.7 Å². The van der Waals surface area contributed by atoms with E-state index in [9.17, 15) is 4.79 Å². The van der Waals surface area contributed by atoms with Gasteiger partial charge < -0.3 is 10.0 Å². The number of anilines is 1. The van der Waals surface area contributed by atoms with E-state index in [2.05, 4.69) is 11.1 Å². The molecule has 22 heavy (non-hydrogen) atoms. The van der Waals surface area contributed by atoms with Crippen LogP contribution in [0.3, 0.4) is 0 Å². The highest BCUT2D eigenvalue weighted by Crippen LogP contribution is 2.16. The minimum Gasteiger partial charge on any atom is -0.481 e. The fourth-order valence-corrected chi connectivity index (χ4v) is 2.11. The van der Waals surface area contributed by atoms with E-state index < -0.39 is 5.97 Å². The number of aliphatic carboxylic acids is 1. The summed E-state index contributed by atoms with van der Waals surface area (Å²) in [5, 5.41) is 17.9. The van der Waals surface area contributed by atoms with Gasteiger partial charge in [-0.15, -0.1) is 0 Å². The predicted molar refractivity (Wildman–Crippen MR) is 83.4 cm³/mol. The second kappa shape index (κ2) is 7.23. The Morgan fingerprint density at radius 1 is 1.36 bits per heavy atom. The topological polar surface area (TPSA) is 77.2 Å². The molecule has 0 aliphatic rings. The molecule has 1 N–H and O–H groups in total. The van der Waals surface area contributed by atoms with Crippen LogP contribution in [0.5, 0.6) is 0 Å². The Hall–Kier alpha value is -2.87. The lowest BCUT2D eigenvalue weighted by Gasteiger charge is -2.23. The summed E-state index contributed by atoms with van der Waals surface area (Å²) >= 11 is 0. The molecule has 1 heterocycles. The van der Waals surface area contributed by atoms with Crippen LogP contribution in [-0.2, 0) is 11.3 Å². The molecule has 0 bridgehead atoms. The molecule has 112 valence electrons. The quantitative estimate of drug-likeness (QED) is 0.886. The van der Waals surface area contributed by atoms with Crippen molar-refractivity contribution in [1.82, 2.24) is 4.98 Å². The molecule has 0 atom stereocenters. The van der Waals surface area contributed by atoms with Gasteiger partial charge in [0, 0.05) is 19.3 Å². The van der Waals surface area contributed by atoms with Crippen LogP contribution < -0.4 is 4.90 Å². The van der Waals surface area contributed by atoms with Crippen molar-refractivity contribution in [2.45, 2.75) is 19.9 Å². The van der Waals surface area contributed by atoms with Crippen molar-refractivity contribution >= 4 is 11.8 Å². The van der Waals surface area contributed by atoms with Gasteiger partial charge in [0.1, 0.15) is 5.82 Å². The van der Waals surface area contributed by atoms with E-state index in [0.717, 1.165) is 16.9 Å². The maximum absolute atomic E-state index is 10.9. The molecular formula is C17H17N3O2. The number of carbonyl (C=O) groups is 1. The van der Waals surface area contributed by atoms with Gasteiger partial charge in [-0.25, -0.2) is 4.98 Å². The van der Waals surface area contributed by atoms with Crippen molar-refractivity contribution in [1.29, 1.82) is 5.26 Å². The fraction of sp³-hybridized carbons (Fsp3) is 0.235. The standard InChI is InChI=1S/C17H17N3O2/c1-13-5-6-16(19-11-13)20(8-7-17(21)22)12-15-4-2-3-14(9-15)10-18/h2-6,9,11H,7-8,12H2,1H3,(H,21,22). The number of aromatic nitrogens is 1. The van der Waals surface area contributed by atoms with Gasteiger partial charge in [0.2, 0.25) is 0 Å². The van der Waals surface area contributed by atoms with Gasteiger partial charge >= 0.3 is 5.97 Å². The average Bonchev–Trinajstić information content (AvgIpc) is 2.52. The van der Waals surface area contributed by atoms with Gasteiger partial charge in [0.15, 0.2) is 0 Å². The minimum absolute atomic E-state index is 0.0352. The van der Waals surface area contributed by atoms with Crippen LogP contribution >= 0.6 is 0 Å². The number of aryl methyl sites for hydroxylation is 1. The molecule has 0 aliphatic carbocycles. The molecule has 2 aromatic rings. The molecule has 5 heteroatoms. The van der Waals surface area contributed by atoms with E-state index in [-0.39, 0.29) is 6.42 Å². The number of carboxylic acid groups (broad SMARTS) is 1. The smallest absolute Gasteiger partial charge is 0.305 e. The molecule has 0 amide bonds. The Balaban J connectivity index is 2.21. The molecule has 2 rings (SSSR count). The Bertz CT molecular complexity index is 690. The molecule has 0 aliphatic heterocycles. The third-order valence-electron chi connectivity index (χ3n) is 3.24. The molecule has 0 unspecified atom stereocenters. The average molecular weight is 295 g/mol. The number of rotatable bonds is 6. The van der Waals surface area contributed by atoms with Crippen molar-refractivity contribution < 1.29 is 9.90 Å². The lowest BCUT2D eigenvalue weighted by atomic mass is 10.1. The summed E-state index contributed by atoms with van der Waals surface area (Å²) in [6.07, 6.45) is 1.79. The van der Waals surface area contributed by atoms with Gasteiger partial charge in [-0.3, -0.25) is 4.79 Å². The highest BCUT2D eigenvalue weighted by molar-refractivity contribution is 5.67. The van der Waals surface area contributed by atoms with Gasteiger partial charge in [-0.1, -0.05) is 18.2 Å². The Morgan fingerprint density at radius 2 is 2.18 bits per heavy atom. The highest BCUT2D eigenvalue weighted by atomic mass is 16.4. The Kier molecular flexibility index (Phi) is 5.10. The third kappa shape index (κ3) is 4.32. The Morgan fingerprint density at radius 3 is 2.82 bits per heavy atom. The number of carboxylic acids is 1. The first kappa shape index (κ1) is 15.5. The maximum atomic E-state index is 10.9. The summed E-state index contributed by atoms with van der Waals surface area (Å²) in [6, 6.07) is 13.2. The molecule has 1 aromatic heterocycles. The molecule has 1 aromatic carbocycles. The maximum Gasteiger partial charge on any atom is 0.305 e. The molecule has 0 spiro atoms. The first-order valence-electron chi connectivity index (χ1n) is 6.97. The zero-order valence-corrected chi connectivity index (χ0v) is 12.4. The molecule has 5 nitrogen and oxygen atoms in total. The summed E-state index contributed by atoms with van der Waals surface area (Å²) in [6.45, 7) is 2.83. The molecular weight excluding hydrogens is 278 g/mol. The Labute approximate surface area is 129 Å². The van der Waals surface area contributed by atoms with Crippen LogP contribution in [0.2, 0.25) is 0 Å². The predicted octanol–water partition coefficient (Wildman–Crippen LogP) is 2.74. The van der Waals surface area contributed by atoms with Crippen molar-refractivity contribution in [2.24, 2.45) is 0 Å². The first-order chi connectivity index (χ1) is 10.6. The molecule has 0 saturated carbocycles. The van der Waals surface area contributed by atoms with E-state index in [4.69, 9.17) is 10.4 Å². The van der Waals surface area contributed by atoms with Crippen molar-refractivity contribution in [3.63, 3.8) is 0 Å². The second-order valence-corrected chi connectivity index (χ2v) is 5.07. The molecule has 0 radical (unpaired) electrons. The van der Waals surface area contributed by atoms with Gasteiger partial charge in [-0.05, 0) is 36.2 Å². The highest BCUT2D eigenvalue weighted by Gasteiger charge is 2.11. The van der Waals surface area contributed by atoms with Gasteiger partial charge in [-0.2, -0.15) is 5.26 Å². The van der Waals surface area contributed by atoms with Crippen LogP contribution in [0, 0.1) is 18.3 Å². The summed E-state index contributed by atoms with van der Waals surface area (Å²) in [4.78, 5) is 17.1. The number of nitrogens with zero attached hydrogens (tertiary/aromatic N) is 3. The van der Waals surface area contributed by atoms with E-state index in [1.807, 2.05) is 42.2 Å². The van der Waals surface area contributed by atoms with Crippen molar-refractivity contribution in [2.75, 3.05) is 11.4 Å². The van der Waals surface area contributed by atoms with Gasteiger partial charge in [0.25, 0.3) is 0 Å². The summed E-state index contributed by atoms with van der Waals surface area (Å²) in [5.74, 6) is -0.114. The minimum atomic E-state index is -0.845. The zero-order chi connectivity index (χ0) is 15.9. The van der Waals surface area contributed by atoms with Crippen LogP contribution in [0.15, 0.2) is 42.6 Å². The third-order valence-corrected chi connectivity index (χ3v) is 3.24. The monoisotopic (exact) mass is 295 g/mol. The fourth-order valence-electron chi connectivity index (χ4n) is 2.11. The first-order valence-corrected chi connectivity index (χ1v) is 6.97. The summed E-state index contributed by atoms with van der Waals surface area (Å²) in [7, 11) is 0. The molecule has 0 fully saturated rings. The lowest BCUT2D eigenvalue weighted by Crippen LogP contribution is -2.26. The largest absolute Gasteiger partial charge is 0.481 e. The van der Waals surface area contributed by atoms with E-state index in [1.54, 1.807) is 12.3 Å². The van der Waals surface area contributed by atoms with E-state index in [1.165, 1.54) is 0 Å². The SMILES string of the molecule is Cc1ccc(N(CCC(=O)O)Cc2cccc(C#N)c2)nc1. The number of pyridine rings is 1. The van der Waals surface area contributed by atoms with Crippen molar-refractivity contribution in [3.05, 3.63) is 59.3 Å². The van der Waals surface area contributed by atoms with Crippen LogP contribution in [0.4, 0.5) is 5.82 Å². The number of hydrogen-bond acceptors (Lipinski definition) is 4. The van der Waals surface area contributed by atoms with Crippen LogP contribution in [0.1, 0.15) is 23.1 Å². The van der Waals surface area contributed by atoms with Crippen molar-refractivity contribution in [3.8, 4) is 6.07 Å². The lowest BCUT2D eigenvalue weighted by molar-refractivity contribution is -0.136. The second-order valence-electron chi connectivity index (χ2n) is 5.07. The van der Waals surface area contributed by atoms with E-state index >= 15 is 0 Å². The normalized spacial score (nSPS) is 10.0. The number of nitriles is 1. The van der Waals surface area contributed by atoms with Crippen LogP contribution in [-0.4, -0.2) is 22.6 Å². The van der Waals surface area contributed by atoms with Crippen LogP contribution in [0.25, 0.3) is 0 Å². The number of hydrogen-bond donors (Lipinski definition) is 1. The number of benzene rings is 1. The van der Waals surface area contributed by atoms with Gasteiger partial charge in [0.05, 0.1) is 18.1 Å². The molecule has 0 saturated heterocycles.